The molecule has 0 aliphatic carbocycles. The normalized spacial score (nSPS) is 14.4. The van der Waals surface area contributed by atoms with Crippen LogP contribution in [0.4, 0.5) is 0 Å². The number of unbranched alkanes of at least 4 members (excludes halogenated alkanes) is 9. The molecule has 7 heteroatoms. The zero-order valence-corrected chi connectivity index (χ0v) is 28.6. The van der Waals surface area contributed by atoms with Crippen LogP contribution in [-0.4, -0.2) is 41.9 Å². The van der Waals surface area contributed by atoms with Gasteiger partial charge < -0.3 is 10.4 Å². The summed E-state index contributed by atoms with van der Waals surface area (Å²) in [7, 11) is -4.33. The first-order valence-electron chi connectivity index (χ1n) is 17.1. The van der Waals surface area contributed by atoms with E-state index >= 15 is 0 Å². The van der Waals surface area contributed by atoms with E-state index in [0.717, 1.165) is 57.8 Å². The maximum absolute atomic E-state index is 12.4. The third-order valence-corrected chi connectivity index (χ3v) is 7.97. The summed E-state index contributed by atoms with van der Waals surface area (Å²) in [6, 6.07) is -1.01. The number of hydrogen-bond acceptors (Lipinski definition) is 4. The van der Waals surface area contributed by atoms with Crippen molar-refractivity contribution in [3.05, 3.63) is 72.9 Å². The predicted octanol–water partition coefficient (Wildman–Crippen LogP) is 9.51. The van der Waals surface area contributed by atoms with E-state index in [1.54, 1.807) is 0 Å². The molecule has 0 aromatic carbocycles. The van der Waals surface area contributed by atoms with Crippen LogP contribution < -0.4 is 5.32 Å². The van der Waals surface area contributed by atoms with Crippen molar-refractivity contribution in [3.8, 4) is 0 Å². The Kier molecular flexibility index (Phi) is 29.2. The average Bonchev–Trinajstić information content (AvgIpc) is 2.98. The minimum Gasteiger partial charge on any atom is -0.391 e. The second-order valence-electron chi connectivity index (χ2n) is 11.4. The summed E-state index contributed by atoms with van der Waals surface area (Å²) < 4.78 is 32.3. The highest BCUT2D eigenvalue weighted by molar-refractivity contribution is 7.85. The molecule has 0 bridgehead atoms. The number of carbonyl (C=O) groups excluding carboxylic acids is 1. The fourth-order valence-electron chi connectivity index (χ4n) is 4.65. The summed E-state index contributed by atoms with van der Waals surface area (Å²) in [5.74, 6) is -1.02. The number of carbonyl (C=O) groups is 1. The SMILES string of the molecule is CC/C=C\C/C=C\C/C=C\C/C=C\C/C=C\C/C=C\CCC(=O)NC(CS(=O)(=O)O)C(O)CCCCCCCCCCCC. The van der Waals surface area contributed by atoms with E-state index in [2.05, 4.69) is 79.9 Å². The van der Waals surface area contributed by atoms with Crippen molar-refractivity contribution in [2.45, 2.75) is 148 Å². The Hall–Kier alpha value is -2.22. The van der Waals surface area contributed by atoms with Crippen molar-refractivity contribution in [3.63, 3.8) is 0 Å². The van der Waals surface area contributed by atoms with E-state index in [4.69, 9.17) is 0 Å². The molecule has 2 unspecified atom stereocenters. The first kappa shape index (κ1) is 41.8. The molecular formula is C37H63NO5S. The number of nitrogens with one attached hydrogen (secondary N) is 1. The number of aliphatic hydroxyl groups excluding tert-OH is 1. The van der Waals surface area contributed by atoms with E-state index in [-0.39, 0.29) is 12.3 Å². The van der Waals surface area contributed by atoms with E-state index in [1.165, 1.54) is 44.9 Å². The van der Waals surface area contributed by atoms with Gasteiger partial charge in [0.2, 0.25) is 5.91 Å². The van der Waals surface area contributed by atoms with Crippen LogP contribution in [0.2, 0.25) is 0 Å². The molecule has 1 amide bonds. The van der Waals surface area contributed by atoms with Gasteiger partial charge in [-0.15, -0.1) is 0 Å². The lowest BCUT2D eigenvalue weighted by Crippen LogP contribution is -2.47. The van der Waals surface area contributed by atoms with Gasteiger partial charge in [-0.25, -0.2) is 0 Å². The van der Waals surface area contributed by atoms with E-state index in [1.807, 2.05) is 12.2 Å². The maximum atomic E-state index is 12.4. The first-order valence-corrected chi connectivity index (χ1v) is 18.7. The largest absolute Gasteiger partial charge is 0.391 e. The Bertz CT molecular complexity index is 962. The van der Waals surface area contributed by atoms with Gasteiger partial charge in [-0.05, 0) is 51.4 Å². The van der Waals surface area contributed by atoms with Crippen LogP contribution in [0.3, 0.4) is 0 Å². The van der Waals surface area contributed by atoms with Crippen LogP contribution in [0.5, 0.6) is 0 Å². The zero-order chi connectivity index (χ0) is 32.6. The first-order chi connectivity index (χ1) is 21.3. The van der Waals surface area contributed by atoms with Gasteiger partial charge in [-0.2, -0.15) is 8.42 Å². The van der Waals surface area contributed by atoms with Gasteiger partial charge in [0.25, 0.3) is 10.1 Å². The zero-order valence-electron chi connectivity index (χ0n) is 27.8. The molecule has 0 aromatic rings. The lowest BCUT2D eigenvalue weighted by atomic mass is 10.0. The van der Waals surface area contributed by atoms with Crippen LogP contribution in [0.15, 0.2) is 72.9 Å². The molecule has 0 aliphatic rings. The summed E-state index contributed by atoms with van der Waals surface area (Å²) in [5, 5.41) is 13.2. The third kappa shape index (κ3) is 31.2. The van der Waals surface area contributed by atoms with Gasteiger partial charge >= 0.3 is 0 Å². The minimum absolute atomic E-state index is 0.190. The lowest BCUT2D eigenvalue weighted by Gasteiger charge is -2.23. The fraction of sp³-hybridized carbons (Fsp3) is 0.649. The molecule has 0 fully saturated rings. The molecule has 0 aliphatic heterocycles. The molecular weight excluding hydrogens is 570 g/mol. The summed E-state index contributed by atoms with van der Waals surface area (Å²) >= 11 is 0. The molecule has 2 atom stereocenters. The van der Waals surface area contributed by atoms with Crippen LogP contribution >= 0.6 is 0 Å². The highest BCUT2D eigenvalue weighted by atomic mass is 32.2. The summed E-state index contributed by atoms with van der Waals surface area (Å²) in [6.45, 7) is 4.36. The Morgan fingerprint density at radius 1 is 0.636 bits per heavy atom. The van der Waals surface area contributed by atoms with Crippen LogP contribution in [-0.2, 0) is 14.9 Å². The molecule has 0 saturated carbocycles. The Morgan fingerprint density at radius 2 is 1.05 bits per heavy atom. The van der Waals surface area contributed by atoms with Gasteiger partial charge in [0.15, 0.2) is 0 Å². The summed E-state index contributed by atoms with van der Waals surface area (Å²) in [6.07, 6.45) is 42.9. The van der Waals surface area contributed by atoms with Crippen LogP contribution in [0.25, 0.3) is 0 Å². The molecule has 0 heterocycles. The Balaban J connectivity index is 4.13. The summed E-state index contributed by atoms with van der Waals surface area (Å²) in [4.78, 5) is 12.4. The molecule has 252 valence electrons. The highest BCUT2D eigenvalue weighted by Gasteiger charge is 2.25. The van der Waals surface area contributed by atoms with E-state index in [9.17, 15) is 22.9 Å². The van der Waals surface area contributed by atoms with Crippen molar-refractivity contribution < 1.29 is 22.9 Å². The van der Waals surface area contributed by atoms with E-state index in [0.29, 0.717) is 12.8 Å². The minimum atomic E-state index is -4.33. The molecule has 0 aromatic heterocycles. The quantitative estimate of drug-likeness (QED) is 0.0432. The molecule has 0 spiro atoms. The van der Waals surface area contributed by atoms with Crippen molar-refractivity contribution in [1.82, 2.24) is 5.32 Å². The number of hydrogen-bond donors (Lipinski definition) is 3. The van der Waals surface area contributed by atoms with Crippen LogP contribution in [0, 0.1) is 0 Å². The standard InChI is InChI=1S/C37H63NO5S/c1-3-5-7-9-11-13-15-16-17-18-19-20-21-22-23-25-27-29-31-33-37(40)38-35(34-44(41,42)43)36(39)32-30-28-26-24-14-12-10-8-6-4-2/h5,7,11,13,16-17,19-20,22-23,27,29,35-36,39H,3-4,6,8-10,12,14-15,18,21,24-26,28,30-34H2,1-2H3,(H,38,40)(H,41,42,43)/b7-5-,13-11-,17-16-,20-19-,23-22-,29-27-. The number of amides is 1. The predicted molar refractivity (Wildman–Crippen MR) is 188 cm³/mol. The van der Waals surface area contributed by atoms with Crippen LogP contribution in [0.1, 0.15) is 136 Å². The van der Waals surface area contributed by atoms with Crippen molar-refractivity contribution in [1.29, 1.82) is 0 Å². The molecule has 3 N–H and O–H groups in total. The molecule has 6 nitrogen and oxygen atoms in total. The Labute approximate surface area is 270 Å². The molecule has 0 radical (unpaired) electrons. The second-order valence-corrected chi connectivity index (χ2v) is 12.9. The lowest BCUT2D eigenvalue weighted by molar-refractivity contribution is -0.122. The second kappa shape index (κ2) is 30.8. The van der Waals surface area contributed by atoms with Gasteiger partial charge in [0.1, 0.15) is 0 Å². The topological polar surface area (TPSA) is 104 Å². The monoisotopic (exact) mass is 633 g/mol. The molecule has 44 heavy (non-hydrogen) atoms. The van der Waals surface area contributed by atoms with Gasteiger partial charge in [-0.1, -0.05) is 151 Å². The van der Waals surface area contributed by atoms with Gasteiger partial charge in [0, 0.05) is 6.42 Å². The number of allylic oxidation sites excluding steroid dienone is 12. The van der Waals surface area contributed by atoms with Crippen molar-refractivity contribution >= 4 is 16.0 Å². The number of rotatable bonds is 29. The Morgan fingerprint density at radius 3 is 1.48 bits per heavy atom. The average molecular weight is 634 g/mol. The van der Waals surface area contributed by atoms with Crippen molar-refractivity contribution in [2.75, 3.05) is 5.75 Å². The highest BCUT2D eigenvalue weighted by Crippen LogP contribution is 2.14. The molecule has 0 saturated heterocycles. The number of aliphatic hydroxyl groups is 1. The van der Waals surface area contributed by atoms with Crippen molar-refractivity contribution in [2.24, 2.45) is 0 Å². The fourth-order valence-corrected chi connectivity index (χ4v) is 5.41. The van der Waals surface area contributed by atoms with Gasteiger partial charge in [0.05, 0.1) is 17.9 Å². The maximum Gasteiger partial charge on any atom is 0.266 e. The molecule has 0 rings (SSSR count). The van der Waals surface area contributed by atoms with Gasteiger partial charge in [-0.3, -0.25) is 9.35 Å². The van der Waals surface area contributed by atoms with E-state index < -0.39 is 28.0 Å². The summed E-state index contributed by atoms with van der Waals surface area (Å²) in [5.41, 5.74) is 0. The smallest absolute Gasteiger partial charge is 0.266 e. The third-order valence-electron chi connectivity index (χ3n) is 7.19.